The predicted octanol–water partition coefficient (Wildman–Crippen LogP) is 5.01. The fourth-order valence-electron chi connectivity index (χ4n) is 3.66. The highest BCUT2D eigenvalue weighted by atomic mass is 35.5. The van der Waals surface area contributed by atoms with E-state index in [1.165, 1.54) is 28.1 Å². The number of amides is 1. The first kappa shape index (κ1) is 22.8. The van der Waals surface area contributed by atoms with Crippen LogP contribution in [0.5, 0.6) is 0 Å². The van der Waals surface area contributed by atoms with Crippen molar-refractivity contribution in [3.63, 3.8) is 0 Å². The second kappa shape index (κ2) is 9.50. The summed E-state index contributed by atoms with van der Waals surface area (Å²) >= 11 is 6.26. The molecule has 1 fully saturated rings. The molecule has 0 radical (unpaired) electrons. The molecule has 1 aliphatic heterocycles. The van der Waals surface area contributed by atoms with Gasteiger partial charge in [-0.3, -0.25) is 4.79 Å². The summed E-state index contributed by atoms with van der Waals surface area (Å²) in [5.41, 5.74) is 3.49. The standard InChI is InChI=1S/C23H29ClN2O3S/c1-16-8-9-19(14-17(16)2)18(3)25-23(27)21-15-20(10-11-22(21)24)30(28,29)26-12-6-4-5-7-13-26/h8-11,14-15,18H,4-7,12-13H2,1-3H3,(H,25,27)/t18-/m1/s1. The molecule has 0 aliphatic carbocycles. The molecule has 2 aromatic rings. The molecule has 1 atom stereocenters. The highest BCUT2D eigenvalue weighted by Gasteiger charge is 2.27. The van der Waals surface area contributed by atoms with Crippen LogP contribution < -0.4 is 5.32 Å². The SMILES string of the molecule is Cc1ccc([C@@H](C)NC(=O)c2cc(S(=O)(=O)N3CCCCCC3)ccc2Cl)cc1C. The molecule has 0 bridgehead atoms. The molecule has 162 valence electrons. The van der Waals surface area contributed by atoms with Crippen LogP contribution in [-0.4, -0.2) is 31.7 Å². The molecule has 0 saturated carbocycles. The predicted molar refractivity (Wildman–Crippen MR) is 120 cm³/mol. The number of rotatable bonds is 5. The maximum absolute atomic E-state index is 13.1. The van der Waals surface area contributed by atoms with Crippen molar-refractivity contribution in [1.29, 1.82) is 0 Å². The number of nitrogens with zero attached hydrogens (tertiary/aromatic N) is 1. The smallest absolute Gasteiger partial charge is 0.253 e. The second-order valence-electron chi connectivity index (χ2n) is 8.00. The largest absolute Gasteiger partial charge is 0.345 e. The highest BCUT2D eigenvalue weighted by Crippen LogP contribution is 2.26. The Balaban J connectivity index is 1.83. The van der Waals surface area contributed by atoms with E-state index in [9.17, 15) is 13.2 Å². The van der Waals surface area contributed by atoms with Crippen LogP contribution in [0, 0.1) is 13.8 Å². The Morgan fingerprint density at radius 2 is 1.67 bits per heavy atom. The van der Waals surface area contributed by atoms with Gasteiger partial charge in [0.05, 0.1) is 21.5 Å². The fraction of sp³-hybridized carbons (Fsp3) is 0.435. The van der Waals surface area contributed by atoms with Crippen molar-refractivity contribution in [3.8, 4) is 0 Å². The topological polar surface area (TPSA) is 66.5 Å². The van der Waals surface area contributed by atoms with Crippen LogP contribution in [0.4, 0.5) is 0 Å². The van der Waals surface area contributed by atoms with Crippen LogP contribution >= 0.6 is 11.6 Å². The van der Waals surface area contributed by atoms with Gasteiger partial charge in [-0.1, -0.05) is 42.6 Å². The van der Waals surface area contributed by atoms with E-state index in [4.69, 9.17) is 11.6 Å². The van der Waals surface area contributed by atoms with E-state index in [2.05, 4.69) is 5.32 Å². The summed E-state index contributed by atoms with van der Waals surface area (Å²) in [5.74, 6) is -0.390. The van der Waals surface area contributed by atoms with Crippen molar-refractivity contribution < 1.29 is 13.2 Å². The van der Waals surface area contributed by atoms with Crippen LogP contribution in [0.1, 0.15) is 65.7 Å². The minimum absolute atomic E-state index is 0.109. The molecule has 0 unspecified atom stereocenters. The molecule has 0 aromatic heterocycles. The molecular weight excluding hydrogens is 420 g/mol. The third kappa shape index (κ3) is 5.05. The molecule has 7 heteroatoms. The van der Waals surface area contributed by atoms with E-state index in [1.807, 2.05) is 39.0 Å². The molecule has 2 aromatic carbocycles. The van der Waals surface area contributed by atoms with E-state index in [-0.39, 0.29) is 21.5 Å². The summed E-state index contributed by atoms with van der Waals surface area (Å²) in [5, 5.41) is 3.17. The third-order valence-electron chi connectivity index (χ3n) is 5.76. The number of halogens is 1. The third-order valence-corrected chi connectivity index (χ3v) is 7.99. The number of hydrogen-bond acceptors (Lipinski definition) is 3. The first-order chi connectivity index (χ1) is 14.2. The summed E-state index contributed by atoms with van der Waals surface area (Å²) in [6.45, 7) is 6.99. The normalized spacial score (nSPS) is 16.7. The van der Waals surface area contributed by atoms with Crippen LogP contribution in [0.15, 0.2) is 41.3 Å². The molecule has 1 amide bonds. The number of carbonyl (C=O) groups excluding carboxylic acids is 1. The van der Waals surface area contributed by atoms with Gasteiger partial charge < -0.3 is 5.32 Å². The Bertz CT molecular complexity index is 1030. The average molecular weight is 449 g/mol. The quantitative estimate of drug-likeness (QED) is 0.698. The minimum atomic E-state index is -3.65. The van der Waals surface area contributed by atoms with Gasteiger partial charge in [-0.2, -0.15) is 4.31 Å². The minimum Gasteiger partial charge on any atom is -0.345 e. The maximum Gasteiger partial charge on any atom is 0.253 e. The summed E-state index contributed by atoms with van der Waals surface area (Å²) in [6, 6.07) is 10.2. The molecule has 1 heterocycles. The number of carbonyl (C=O) groups is 1. The van der Waals surface area contributed by atoms with Gasteiger partial charge in [0.2, 0.25) is 10.0 Å². The van der Waals surface area contributed by atoms with E-state index in [1.54, 1.807) is 0 Å². The lowest BCUT2D eigenvalue weighted by Crippen LogP contribution is -2.32. The van der Waals surface area contributed by atoms with Crippen molar-refractivity contribution in [2.75, 3.05) is 13.1 Å². The van der Waals surface area contributed by atoms with Crippen LogP contribution in [0.25, 0.3) is 0 Å². The average Bonchev–Trinajstić information content (AvgIpc) is 3.00. The van der Waals surface area contributed by atoms with Crippen molar-refractivity contribution in [2.24, 2.45) is 0 Å². The van der Waals surface area contributed by atoms with Crippen molar-refractivity contribution in [3.05, 3.63) is 63.7 Å². The van der Waals surface area contributed by atoms with Gasteiger partial charge in [0, 0.05) is 13.1 Å². The van der Waals surface area contributed by atoms with Gasteiger partial charge in [-0.25, -0.2) is 8.42 Å². The van der Waals surface area contributed by atoms with Gasteiger partial charge >= 0.3 is 0 Å². The number of benzene rings is 2. The maximum atomic E-state index is 13.1. The molecule has 1 aliphatic rings. The van der Waals surface area contributed by atoms with Gasteiger partial charge in [-0.05, 0) is 68.5 Å². The van der Waals surface area contributed by atoms with Crippen molar-refractivity contribution in [2.45, 2.75) is 57.4 Å². The summed E-state index contributed by atoms with van der Waals surface area (Å²) in [7, 11) is -3.65. The molecule has 1 saturated heterocycles. The Morgan fingerprint density at radius 3 is 2.30 bits per heavy atom. The Morgan fingerprint density at radius 1 is 1.00 bits per heavy atom. The summed E-state index contributed by atoms with van der Waals surface area (Å²) < 4.78 is 27.7. The van der Waals surface area contributed by atoms with Crippen molar-refractivity contribution >= 4 is 27.5 Å². The van der Waals surface area contributed by atoms with Gasteiger partial charge in [-0.15, -0.1) is 0 Å². The Labute approximate surface area is 184 Å². The van der Waals surface area contributed by atoms with E-state index in [0.29, 0.717) is 13.1 Å². The lowest BCUT2D eigenvalue weighted by molar-refractivity contribution is 0.0940. The number of nitrogens with one attached hydrogen (secondary N) is 1. The summed E-state index contributed by atoms with van der Waals surface area (Å²) in [6.07, 6.45) is 3.79. The van der Waals surface area contributed by atoms with Gasteiger partial charge in [0.25, 0.3) is 5.91 Å². The highest BCUT2D eigenvalue weighted by molar-refractivity contribution is 7.89. The lowest BCUT2D eigenvalue weighted by Gasteiger charge is -2.21. The van der Waals surface area contributed by atoms with Crippen LogP contribution in [0.2, 0.25) is 5.02 Å². The monoisotopic (exact) mass is 448 g/mol. The number of sulfonamides is 1. The molecule has 1 N–H and O–H groups in total. The van der Waals surface area contributed by atoms with E-state index >= 15 is 0 Å². The molecule has 30 heavy (non-hydrogen) atoms. The zero-order chi connectivity index (χ0) is 21.9. The summed E-state index contributed by atoms with van der Waals surface area (Å²) in [4.78, 5) is 13.0. The van der Waals surface area contributed by atoms with E-state index < -0.39 is 15.9 Å². The zero-order valence-electron chi connectivity index (χ0n) is 17.7. The Kier molecular flexibility index (Phi) is 7.22. The fourth-order valence-corrected chi connectivity index (χ4v) is 5.41. The van der Waals surface area contributed by atoms with Gasteiger partial charge in [0.1, 0.15) is 0 Å². The van der Waals surface area contributed by atoms with E-state index in [0.717, 1.165) is 36.8 Å². The second-order valence-corrected chi connectivity index (χ2v) is 10.3. The molecule has 5 nitrogen and oxygen atoms in total. The molecule has 0 spiro atoms. The number of hydrogen-bond donors (Lipinski definition) is 1. The lowest BCUT2D eigenvalue weighted by atomic mass is 10.0. The molecule has 3 rings (SSSR count). The zero-order valence-corrected chi connectivity index (χ0v) is 19.3. The first-order valence-electron chi connectivity index (χ1n) is 10.4. The Hall–Kier alpha value is -1.89. The van der Waals surface area contributed by atoms with Crippen molar-refractivity contribution in [1.82, 2.24) is 9.62 Å². The van der Waals surface area contributed by atoms with Crippen LogP contribution in [-0.2, 0) is 10.0 Å². The van der Waals surface area contributed by atoms with Gasteiger partial charge in [0.15, 0.2) is 0 Å². The molecular formula is C23H29ClN2O3S. The first-order valence-corrected chi connectivity index (χ1v) is 12.2. The van der Waals surface area contributed by atoms with Crippen LogP contribution in [0.3, 0.4) is 0 Å². The number of aryl methyl sites for hydroxylation is 2.